The van der Waals surface area contributed by atoms with Crippen LogP contribution in [0.25, 0.3) is 0 Å². The summed E-state index contributed by atoms with van der Waals surface area (Å²) < 4.78 is 15.3. The van der Waals surface area contributed by atoms with Crippen molar-refractivity contribution in [3.63, 3.8) is 0 Å². The number of phenols is 1. The van der Waals surface area contributed by atoms with Crippen molar-refractivity contribution < 1.29 is 14.3 Å². The van der Waals surface area contributed by atoms with Crippen LogP contribution in [0, 0.1) is 5.82 Å². The van der Waals surface area contributed by atoms with Gasteiger partial charge in [0.25, 0.3) is 5.91 Å². The second-order valence-electron chi connectivity index (χ2n) is 6.25. The zero-order chi connectivity index (χ0) is 18.1. The molecule has 1 aliphatic heterocycles. The van der Waals surface area contributed by atoms with E-state index in [0.29, 0.717) is 11.3 Å². The van der Waals surface area contributed by atoms with Crippen molar-refractivity contribution in [3.8, 4) is 5.75 Å². The molecule has 0 fully saturated rings. The number of benzene rings is 2. The highest BCUT2D eigenvalue weighted by atomic mass is 19.1. The predicted molar refractivity (Wildman–Crippen MR) is 96.7 cm³/mol. The third kappa shape index (κ3) is 3.07. The molecule has 1 unspecified atom stereocenters. The minimum Gasteiger partial charge on any atom is -0.508 e. The molecule has 0 radical (unpaired) electrons. The lowest BCUT2D eigenvalue weighted by molar-refractivity contribution is 0.102. The van der Waals surface area contributed by atoms with Gasteiger partial charge in [0.2, 0.25) is 0 Å². The molecular formula is C20H18FN3O2. The van der Waals surface area contributed by atoms with E-state index in [9.17, 15) is 14.3 Å². The van der Waals surface area contributed by atoms with E-state index < -0.39 is 0 Å². The van der Waals surface area contributed by atoms with Crippen LogP contribution >= 0.6 is 0 Å². The van der Waals surface area contributed by atoms with E-state index >= 15 is 0 Å². The molecule has 2 heterocycles. The number of phenolic OH excluding ortho intramolecular Hbond substituents is 1. The average molecular weight is 351 g/mol. The largest absolute Gasteiger partial charge is 0.508 e. The summed E-state index contributed by atoms with van der Waals surface area (Å²) in [6, 6.07) is 14.3. The van der Waals surface area contributed by atoms with Gasteiger partial charge >= 0.3 is 0 Å². The van der Waals surface area contributed by atoms with E-state index in [-0.39, 0.29) is 23.5 Å². The maximum atomic E-state index is 13.3. The Balaban J connectivity index is 1.66. The van der Waals surface area contributed by atoms with Gasteiger partial charge in [-0.05, 0) is 48.0 Å². The number of fused-ring (bicyclic) bond motifs is 1. The van der Waals surface area contributed by atoms with Crippen LogP contribution in [0.5, 0.6) is 5.75 Å². The first-order valence-electron chi connectivity index (χ1n) is 8.40. The summed E-state index contributed by atoms with van der Waals surface area (Å²) in [4.78, 5) is 12.8. The van der Waals surface area contributed by atoms with Crippen LogP contribution in [0.4, 0.5) is 10.1 Å². The number of aromatic nitrogens is 1. The third-order valence-corrected chi connectivity index (χ3v) is 4.55. The Hall–Kier alpha value is -3.12. The lowest BCUT2D eigenvalue weighted by atomic mass is 9.98. The molecule has 0 saturated carbocycles. The first kappa shape index (κ1) is 16.4. The molecule has 4 rings (SSSR count). The van der Waals surface area contributed by atoms with E-state index in [0.717, 1.165) is 24.3 Å². The molecule has 0 aliphatic carbocycles. The smallest absolute Gasteiger partial charge is 0.257 e. The number of hydrogen-bond acceptors (Lipinski definition) is 3. The number of carbonyl (C=O) groups is 1. The predicted octanol–water partition coefficient (Wildman–Crippen LogP) is 3.28. The van der Waals surface area contributed by atoms with Gasteiger partial charge in [-0.1, -0.05) is 12.1 Å². The molecule has 6 heteroatoms. The number of rotatable bonds is 3. The molecule has 1 atom stereocenters. The zero-order valence-corrected chi connectivity index (χ0v) is 13.9. The maximum absolute atomic E-state index is 13.3. The van der Waals surface area contributed by atoms with Gasteiger partial charge in [0.15, 0.2) is 0 Å². The van der Waals surface area contributed by atoms with Gasteiger partial charge in [0, 0.05) is 25.0 Å². The summed E-state index contributed by atoms with van der Waals surface area (Å²) in [6.45, 7) is 1.53. The molecule has 1 aliphatic rings. The minimum atomic E-state index is -0.287. The monoisotopic (exact) mass is 351 g/mol. The number of amides is 1. The standard InChI is InChI=1S/C20H18FN3O2/c21-14-3-1-13(2-4-14)18-19-17(9-11-24(19)12-10-22-18)20(26)23-15-5-7-16(25)8-6-15/h1-9,11,18,22,25H,10,12H2,(H,23,26). The van der Waals surface area contributed by atoms with Crippen molar-refractivity contribution in [2.45, 2.75) is 12.6 Å². The van der Waals surface area contributed by atoms with Gasteiger partial charge in [-0.3, -0.25) is 4.79 Å². The average Bonchev–Trinajstić information content (AvgIpc) is 3.09. The van der Waals surface area contributed by atoms with Crippen LogP contribution in [0.2, 0.25) is 0 Å². The highest BCUT2D eigenvalue weighted by Gasteiger charge is 2.27. The first-order valence-corrected chi connectivity index (χ1v) is 8.40. The summed E-state index contributed by atoms with van der Waals surface area (Å²) in [5, 5.41) is 15.6. The van der Waals surface area contributed by atoms with Crippen molar-refractivity contribution in [1.82, 2.24) is 9.88 Å². The summed E-state index contributed by atoms with van der Waals surface area (Å²) in [6.07, 6.45) is 1.90. The molecular weight excluding hydrogens is 333 g/mol. The van der Waals surface area contributed by atoms with Crippen LogP contribution in [-0.2, 0) is 6.54 Å². The molecule has 1 amide bonds. The fraction of sp³-hybridized carbons (Fsp3) is 0.150. The van der Waals surface area contributed by atoms with Gasteiger partial charge in [0.1, 0.15) is 11.6 Å². The number of nitrogens with one attached hydrogen (secondary N) is 2. The van der Waals surface area contributed by atoms with Gasteiger partial charge in [0.05, 0.1) is 17.3 Å². The lowest BCUT2D eigenvalue weighted by Crippen LogP contribution is -2.35. The Bertz CT molecular complexity index is 933. The molecule has 0 spiro atoms. The van der Waals surface area contributed by atoms with Crippen molar-refractivity contribution in [3.05, 3.63) is 83.4 Å². The summed E-state index contributed by atoms with van der Waals surface area (Å²) in [7, 11) is 0. The SMILES string of the molecule is O=C(Nc1ccc(O)cc1)c1ccn2c1C(c1ccc(F)cc1)NCC2. The lowest BCUT2D eigenvalue weighted by Gasteiger charge is -2.28. The fourth-order valence-electron chi connectivity index (χ4n) is 3.29. The molecule has 0 saturated heterocycles. The second kappa shape index (κ2) is 6.65. The topological polar surface area (TPSA) is 66.3 Å². The Morgan fingerprint density at radius 2 is 1.85 bits per heavy atom. The van der Waals surface area contributed by atoms with E-state index in [1.54, 1.807) is 30.3 Å². The number of aromatic hydroxyl groups is 1. The van der Waals surface area contributed by atoms with Crippen molar-refractivity contribution in [2.24, 2.45) is 0 Å². The van der Waals surface area contributed by atoms with Gasteiger partial charge in [-0.15, -0.1) is 0 Å². The van der Waals surface area contributed by atoms with Gasteiger partial charge in [-0.2, -0.15) is 0 Å². The number of nitrogens with zero attached hydrogens (tertiary/aromatic N) is 1. The van der Waals surface area contributed by atoms with Crippen LogP contribution in [0.15, 0.2) is 60.8 Å². The third-order valence-electron chi connectivity index (χ3n) is 4.55. The molecule has 2 aromatic carbocycles. The van der Waals surface area contributed by atoms with Crippen LogP contribution in [0.3, 0.4) is 0 Å². The van der Waals surface area contributed by atoms with Gasteiger partial charge in [-0.25, -0.2) is 4.39 Å². The molecule has 26 heavy (non-hydrogen) atoms. The number of carbonyl (C=O) groups excluding carboxylic acids is 1. The molecule has 1 aromatic heterocycles. The second-order valence-corrected chi connectivity index (χ2v) is 6.25. The maximum Gasteiger partial charge on any atom is 0.257 e. The number of anilines is 1. The quantitative estimate of drug-likeness (QED) is 0.635. The van der Waals surface area contributed by atoms with E-state index in [1.807, 2.05) is 6.20 Å². The van der Waals surface area contributed by atoms with Crippen molar-refractivity contribution >= 4 is 11.6 Å². The Labute approximate surface area is 150 Å². The van der Waals surface area contributed by atoms with Crippen LogP contribution < -0.4 is 10.6 Å². The van der Waals surface area contributed by atoms with Crippen LogP contribution in [-0.4, -0.2) is 22.1 Å². The number of hydrogen-bond donors (Lipinski definition) is 3. The summed E-state index contributed by atoms with van der Waals surface area (Å²) in [5.74, 6) is -0.365. The van der Waals surface area contributed by atoms with Gasteiger partial charge < -0.3 is 20.3 Å². The highest BCUT2D eigenvalue weighted by Crippen LogP contribution is 2.29. The summed E-state index contributed by atoms with van der Waals surface area (Å²) >= 11 is 0. The first-order chi connectivity index (χ1) is 12.6. The van der Waals surface area contributed by atoms with Crippen molar-refractivity contribution in [2.75, 3.05) is 11.9 Å². The Morgan fingerprint density at radius 3 is 2.58 bits per heavy atom. The van der Waals surface area contributed by atoms with E-state index in [2.05, 4.69) is 15.2 Å². The van der Waals surface area contributed by atoms with E-state index in [4.69, 9.17) is 0 Å². The molecule has 5 nitrogen and oxygen atoms in total. The summed E-state index contributed by atoms with van der Waals surface area (Å²) in [5.41, 5.74) is 2.94. The minimum absolute atomic E-state index is 0.143. The Morgan fingerprint density at radius 1 is 1.12 bits per heavy atom. The molecule has 0 bridgehead atoms. The fourth-order valence-corrected chi connectivity index (χ4v) is 3.29. The number of halogens is 1. The highest BCUT2D eigenvalue weighted by molar-refractivity contribution is 6.05. The van der Waals surface area contributed by atoms with Crippen molar-refractivity contribution in [1.29, 1.82) is 0 Å². The molecule has 3 aromatic rings. The molecule has 3 N–H and O–H groups in total. The normalized spacial score (nSPS) is 16.1. The van der Waals surface area contributed by atoms with E-state index in [1.165, 1.54) is 24.3 Å². The Kier molecular flexibility index (Phi) is 4.18. The molecule has 132 valence electrons. The zero-order valence-electron chi connectivity index (χ0n) is 13.9. The van der Waals surface area contributed by atoms with Crippen LogP contribution in [0.1, 0.15) is 27.7 Å².